The molecule has 1 fully saturated rings. The number of aliphatic hydroxyl groups is 1. The largest absolute Gasteiger partial charge is 0.393 e. The minimum absolute atomic E-state index is 0.120. The summed E-state index contributed by atoms with van der Waals surface area (Å²) >= 11 is 0. The third-order valence-corrected chi connectivity index (χ3v) is 2.98. The van der Waals surface area contributed by atoms with Crippen molar-refractivity contribution in [1.82, 2.24) is 4.90 Å². The number of likely N-dealkylation sites (tertiary alicyclic amines) is 1. The van der Waals surface area contributed by atoms with Crippen LogP contribution in [0.4, 0.5) is 0 Å². The molecule has 0 bridgehead atoms. The van der Waals surface area contributed by atoms with E-state index in [0.717, 1.165) is 12.8 Å². The molecule has 1 saturated heterocycles. The Morgan fingerprint density at radius 2 is 2.44 bits per heavy atom. The molecule has 1 rings (SSSR count). The molecule has 6 nitrogen and oxygen atoms in total. The van der Waals surface area contributed by atoms with E-state index in [1.165, 1.54) is 0 Å². The molecule has 6 heteroatoms. The van der Waals surface area contributed by atoms with Gasteiger partial charge in [0, 0.05) is 23.9 Å². The molecule has 0 spiro atoms. The van der Waals surface area contributed by atoms with Crippen LogP contribution in [0.1, 0.15) is 26.2 Å². The maximum Gasteiger partial charge on any atom is 0.228 e. The molecule has 1 aliphatic heterocycles. The van der Waals surface area contributed by atoms with Gasteiger partial charge >= 0.3 is 0 Å². The van der Waals surface area contributed by atoms with Crippen LogP contribution >= 0.6 is 0 Å². The van der Waals surface area contributed by atoms with Crippen LogP contribution in [0.15, 0.2) is 5.11 Å². The molecule has 0 aromatic carbocycles. The van der Waals surface area contributed by atoms with Crippen molar-refractivity contribution >= 4 is 5.91 Å². The summed E-state index contributed by atoms with van der Waals surface area (Å²) in [7, 11) is 0. The van der Waals surface area contributed by atoms with E-state index in [9.17, 15) is 9.90 Å². The maximum atomic E-state index is 11.6. The lowest BCUT2D eigenvalue weighted by Crippen LogP contribution is -2.46. The van der Waals surface area contributed by atoms with Crippen molar-refractivity contribution in [2.24, 2.45) is 11.0 Å². The van der Waals surface area contributed by atoms with Crippen LogP contribution in [0, 0.1) is 5.92 Å². The number of nitrogens with zero attached hydrogens (tertiary/aromatic N) is 4. The fraction of sp³-hybridized carbons (Fsp3) is 0.900. The van der Waals surface area contributed by atoms with Gasteiger partial charge in [0.1, 0.15) is 6.54 Å². The average Bonchev–Trinajstić information content (AvgIpc) is 2.29. The van der Waals surface area contributed by atoms with E-state index in [2.05, 4.69) is 16.9 Å². The Balaban J connectivity index is 2.50. The van der Waals surface area contributed by atoms with Gasteiger partial charge in [-0.25, -0.2) is 0 Å². The van der Waals surface area contributed by atoms with Gasteiger partial charge in [-0.3, -0.25) is 4.79 Å². The Kier molecular flexibility index (Phi) is 5.08. The van der Waals surface area contributed by atoms with Crippen molar-refractivity contribution in [1.29, 1.82) is 0 Å². The zero-order chi connectivity index (χ0) is 12.0. The second-order valence-electron chi connectivity index (χ2n) is 4.13. The minimum atomic E-state index is -0.302. The maximum absolute atomic E-state index is 11.6. The quantitative estimate of drug-likeness (QED) is 0.445. The first-order valence-corrected chi connectivity index (χ1v) is 5.65. The number of hydrogen-bond acceptors (Lipinski definition) is 3. The van der Waals surface area contributed by atoms with Crippen molar-refractivity contribution in [2.75, 3.05) is 19.6 Å². The van der Waals surface area contributed by atoms with E-state index in [1.54, 1.807) is 4.90 Å². The first-order valence-electron chi connectivity index (χ1n) is 5.65. The highest BCUT2D eigenvalue weighted by Crippen LogP contribution is 2.21. The highest BCUT2D eigenvalue weighted by molar-refractivity contribution is 5.78. The highest BCUT2D eigenvalue weighted by atomic mass is 16.3. The molecule has 0 unspecified atom stereocenters. The highest BCUT2D eigenvalue weighted by Gasteiger charge is 2.28. The average molecular weight is 226 g/mol. The van der Waals surface area contributed by atoms with Crippen LogP contribution in [0.25, 0.3) is 10.4 Å². The number of aliphatic hydroxyl groups excluding tert-OH is 1. The second-order valence-corrected chi connectivity index (χ2v) is 4.13. The summed E-state index contributed by atoms with van der Waals surface area (Å²) in [4.78, 5) is 15.8. The number of azide groups is 1. The Morgan fingerprint density at radius 1 is 1.69 bits per heavy atom. The van der Waals surface area contributed by atoms with E-state index in [0.29, 0.717) is 19.5 Å². The minimum Gasteiger partial charge on any atom is -0.393 e. The van der Waals surface area contributed by atoms with Gasteiger partial charge in [0.15, 0.2) is 0 Å². The molecule has 0 radical (unpaired) electrons. The molecule has 2 atom stereocenters. The van der Waals surface area contributed by atoms with Gasteiger partial charge < -0.3 is 10.0 Å². The summed E-state index contributed by atoms with van der Waals surface area (Å²) in [5.41, 5.74) is 8.14. The zero-order valence-electron chi connectivity index (χ0n) is 9.54. The first kappa shape index (κ1) is 12.8. The van der Waals surface area contributed by atoms with Gasteiger partial charge in [0.25, 0.3) is 0 Å². The van der Waals surface area contributed by atoms with Gasteiger partial charge in [0.05, 0.1) is 6.10 Å². The molecule has 90 valence electrons. The Hall–Kier alpha value is -1.26. The molecule has 0 aliphatic carbocycles. The van der Waals surface area contributed by atoms with Crippen LogP contribution in [0.3, 0.4) is 0 Å². The molecule has 0 saturated carbocycles. The molecular weight excluding hydrogens is 208 g/mol. The van der Waals surface area contributed by atoms with E-state index in [-0.39, 0.29) is 24.5 Å². The van der Waals surface area contributed by atoms with Gasteiger partial charge in [-0.2, -0.15) is 0 Å². The zero-order valence-corrected chi connectivity index (χ0v) is 9.54. The van der Waals surface area contributed by atoms with Crippen LogP contribution in [0.5, 0.6) is 0 Å². The van der Waals surface area contributed by atoms with Crippen molar-refractivity contribution < 1.29 is 9.90 Å². The number of amides is 1. The number of carbonyl (C=O) groups is 1. The fourth-order valence-electron chi connectivity index (χ4n) is 2.09. The summed E-state index contributed by atoms with van der Waals surface area (Å²) in [5.74, 6) is 0.0135. The molecule has 1 amide bonds. The van der Waals surface area contributed by atoms with Gasteiger partial charge in [-0.1, -0.05) is 18.5 Å². The molecule has 16 heavy (non-hydrogen) atoms. The monoisotopic (exact) mass is 226 g/mol. The smallest absolute Gasteiger partial charge is 0.228 e. The molecule has 1 heterocycles. The first-order chi connectivity index (χ1) is 7.69. The number of piperidine rings is 1. The van der Waals surface area contributed by atoms with E-state index < -0.39 is 0 Å². The van der Waals surface area contributed by atoms with Crippen molar-refractivity contribution in [3.8, 4) is 0 Å². The van der Waals surface area contributed by atoms with Crippen molar-refractivity contribution in [3.63, 3.8) is 0 Å². The number of carbonyl (C=O) groups excluding carboxylic acids is 1. The van der Waals surface area contributed by atoms with Gasteiger partial charge in [-0.15, -0.1) is 0 Å². The predicted octanol–water partition coefficient (Wildman–Crippen LogP) is 1.31. The lowest BCUT2D eigenvalue weighted by atomic mass is 9.91. The van der Waals surface area contributed by atoms with Crippen LogP contribution in [0.2, 0.25) is 0 Å². The summed E-state index contributed by atoms with van der Waals surface area (Å²) in [6.45, 7) is 3.08. The SMILES string of the molecule is CCC[C@@H]1CN(C(=O)CN=[N+]=[N-])CC[C@@H]1O. The number of rotatable bonds is 4. The normalized spacial score (nSPS) is 25.0. The van der Waals surface area contributed by atoms with E-state index in [4.69, 9.17) is 5.53 Å². The second kappa shape index (κ2) is 6.35. The van der Waals surface area contributed by atoms with Crippen molar-refractivity contribution in [2.45, 2.75) is 32.3 Å². The Labute approximate surface area is 94.9 Å². The third-order valence-electron chi connectivity index (χ3n) is 2.98. The van der Waals surface area contributed by atoms with Crippen molar-refractivity contribution in [3.05, 3.63) is 10.4 Å². The topological polar surface area (TPSA) is 89.3 Å². The molecule has 0 aromatic rings. The lowest BCUT2D eigenvalue weighted by molar-refractivity contribution is -0.133. The standard InChI is InChI=1S/C10H18N4O2/c1-2-3-8-7-14(5-4-9(8)15)10(16)6-12-13-11/h8-9,15H,2-7H2,1H3/t8-,9+/m1/s1. The lowest BCUT2D eigenvalue weighted by Gasteiger charge is -2.36. The number of hydrogen-bond donors (Lipinski definition) is 1. The summed E-state index contributed by atoms with van der Waals surface area (Å²) < 4.78 is 0. The van der Waals surface area contributed by atoms with Crippen LogP contribution in [-0.4, -0.2) is 41.7 Å². The predicted molar refractivity (Wildman–Crippen MR) is 59.6 cm³/mol. The summed E-state index contributed by atoms with van der Waals surface area (Å²) in [6, 6.07) is 0. The van der Waals surface area contributed by atoms with E-state index in [1.807, 2.05) is 0 Å². The van der Waals surface area contributed by atoms with Gasteiger partial charge in [0.2, 0.25) is 5.91 Å². The fourth-order valence-corrected chi connectivity index (χ4v) is 2.09. The summed E-state index contributed by atoms with van der Waals surface area (Å²) in [5, 5.41) is 13.0. The molecule has 1 N–H and O–H groups in total. The Morgan fingerprint density at radius 3 is 3.06 bits per heavy atom. The van der Waals surface area contributed by atoms with Gasteiger partial charge in [-0.05, 0) is 18.4 Å². The van der Waals surface area contributed by atoms with E-state index >= 15 is 0 Å². The van der Waals surface area contributed by atoms with Crippen LogP contribution < -0.4 is 0 Å². The summed E-state index contributed by atoms with van der Waals surface area (Å²) in [6.07, 6.45) is 2.24. The molecular formula is C10H18N4O2. The Bertz CT molecular complexity index is 289. The van der Waals surface area contributed by atoms with Crippen LogP contribution in [-0.2, 0) is 4.79 Å². The molecule has 1 aliphatic rings. The third kappa shape index (κ3) is 3.40. The molecule has 0 aromatic heterocycles.